The van der Waals surface area contributed by atoms with Gasteiger partial charge in [-0.15, -0.1) is 0 Å². The molecular formula is C30H38ClNO5. The van der Waals surface area contributed by atoms with Crippen LogP contribution in [0.25, 0.3) is 0 Å². The fourth-order valence-electron chi connectivity index (χ4n) is 6.83. The zero-order chi connectivity index (χ0) is 26.0. The predicted molar refractivity (Wildman–Crippen MR) is 144 cm³/mol. The molecule has 0 aromatic heterocycles. The summed E-state index contributed by atoms with van der Waals surface area (Å²) in [6.45, 7) is 3.72. The molecule has 5 rings (SSSR count). The Morgan fingerprint density at radius 1 is 1.16 bits per heavy atom. The van der Waals surface area contributed by atoms with Gasteiger partial charge in [0.1, 0.15) is 5.54 Å². The molecule has 7 heteroatoms. The van der Waals surface area contributed by atoms with Crippen molar-refractivity contribution >= 4 is 23.3 Å². The van der Waals surface area contributed by atoms with Crippen molar-refractivity contribution in [3.8, 4) is 0 Å². The van der Waals surface area contributed by atoms with E-state index >= 15 is 0 Å². The van der Waals surface area contributed by atoms with Gasteiger partial charge in [0.15, 0.2) is 6.29 Å². The maximum atomic E-state index is 13.2. The first-order valence-electron chi connectivity index (χ1n) is 13.5. The molecule has 2 N–H and O–H groups in total. The number of nitrogens with one attached hydrogen (secondary N) is 1. The first-order valence-corrected chi connectivity index (χ1v) is 13.9. The third-order valence-electron chi connectivity index (χ3n) is 8.80. The van der Waals surface area contributed by atoms with Crippen LogP contribution in [0.5, 0.6) is 0 Å². The lowest BCUT2D eigenvalue weighted by molar-refractivity contribution is -0.183. The SMILES string of the molecule is COC(=O)C1(Nc2cccc(Cl)c2)CCC2(CC1)c1cc(C3OCCCO3)ccc1CC2C[C@@H](C)CO. The minimum atomic E-state index is -0.812. The van der Waals surface area contributed by atoms with Crippen LogP contribution in [0, 0.1) is 11.8 Å². The van der Waals surface area contributed by atoms with Gasteiger partial charge in [-0.1, -0.05) is 36.7 Å². The summed E-state index contributed by atoms with van der Waals surface area (Å²) in [4.78, 5) is 13.2. The molecule has 2 aliphatic carbocycles. The topological polar surface area (TPSA) is 77.0 Å². The van der Waals surface area contributed by atoms with E-state index in [0.717, 1.165) is 43.4 Å². The Kier molecular flexibility index (Phi) is 7.83. The van der Waals surface area contributed by atoms with Crippen LogP contribution in [0.1, 0.15) is 68.4 Å². The van der Waals surface area contributed by atoms with Gasteiger partial charge in [0.05, 0.1) is 20.3 Å². The van der Waals surface area contributed by atoms with E-state index < -0.39 is 5.54 Å². The largest absolute Gasteiger partial charge is 0.467 e. The minimum Gasteiger partial charge on any atom is -0.467 e. The van der Waals surface area contributed by atoms with Crippen molar-refractivity contribution in [1.82, 2.24) is 0 Å². The minimum absolute atomic E-state index is 0.0724. The lowest BCUT2D eigenvalue weighted by Crippen LogP contribution is -2.53. The molecule has 2 aromatic carbocycles. The normalized spacial score (nSPS) is 28.6. The number of aliphatic hydroxyl groups is 1. The van der Waals surface area contributed by atoms with Crippen molar-refractivity contribution in [2.24, 2.45) is 11.8 Å². The van der Waals surface area contributed by atoms with Crippen molar-refractivity contribution < 1.29 is 24.1 Å². The molecule has 0 bridgehead atoms. The summed E-state index contributed by atoms with van der Waals surface area (Å²) < 4.78 is 17.2. The Balaban J connectivity index is 1.48. The molecular weight excluding hydrogens is 490 g/mol. The van der Waals surface area contributed by atoms with Gasteiger partial charge in [-0.25, -0.2) is 4.79 Å². The molecule has 1 aliphatic heterocycles. The fourth-order valence-corrected chi connectivity index (χ4v) is 7.02. The van der Waals surface area contributed by atoms with Crippen LogP contribution in [0.4, 0.5) is 5.69 Å². The Labute approximate surface area is 224 Å². The number of halogens is 1. The van der Waals surface area contributed by atoms with Crippen LogP contribution in [0.2, 0.25) is 5.02 Å². The van der Waals surface area contributed by atoms with E-state index in [9.17, 15) is 9.90 Å². The van der Waals surface area contributed by atoms with Crippen molar-refractivity contribution in [3.05, 3.63) is 64.2 Å². The second kappa shape index (κ2) is 10.9. The highest BCUT2D eigenvalue weighted by Gasteiger charge is 2.54. The van der Waals surface area contributed by atoms with Crippen LogP contribution in [-0.4, -0.2) is 43.5 Å². The molecule has 1 unspecified atom stereocenters. The number of esters is 1. The summed E-state index contributed by atoms with van der Waals surface area (Å²) in [6.07, 6.45) is 5.52. The van der Waals surface area contributed by atoms with E-state index in [1.165, 1.54) is 18.2 Å². The third-order valence-corrected chi connectivity index (χ3v) is 9.03. The molecule has 0 amide bonds. The van der Waals surface area contributed by atoms with Crippen molar-refractivity contribution in [2.45, 2.75) is 69.1 Å². The maximum Gasteiger partial charge on any atom is 0.331 e. The Morgan fingerprint density at radius 3 is 2.59 bits per heavy atom. The van der Waals surface area contributed by atoms with Crippen molar-refractivity contribution in [2.75, 3.05) is 32.2 Å². The number of ether oxygens (including phenoxy) is 3. The molecule has 2 aromatic rings. The number of hydrogen-bond donors (Lipinski definition) is 2. The molecule has 1 saturated carbocycles. The Hall–Kier alpha value is -2.12. The van der Waals surface area contributed by atoms with Crippen LogP contribution in [0.15, 0.2) is 42.5 Å². The number of fused-ring (bicyclic) bond motifs is 2. The molecule has 1 heterocycles. The number of aliphatic hydroxyl groups excluding tert-OH is 1. The first kappa shape index (κ1) is 26.5. The fraction of sp³-hybridized carbons (Fsp3) is 0.567. The summed E-state index contributed by atoms with van der Waals surface area (Å²) in [5.74, 6) is 0.381. The summed E-state index contributed by atoms with van der Waals surface area (Å²) in [5, 5.41) is 14.0. The predicted octanol–water partition coefficient (Wildman–Crippen LogP) is 5.80. The summed E-state index contributed by atoms with van der Waals surface area (Å²) in [7, 11) is 1.46. The standard InChI is InChI=1S/C30H38ClNO5/c1-20(19-33)15-23-16-21-7-8-22(27-36-13-4-14-37-27)17-26(21)29(23)9-11-30(12-10-29,28(34)35-2)32-25-6-3-5-24(31)18-25/h3,5-8,17-18,20,23,27,32-33H,4,9-16,19H2,1-2H3/t20-,23?,29?,30?/m1/s1. The zero-order valence-corrected chi connectivity index (χ0v) is 22.6. The van der Waals surface area contributed by atoms with Crippen molar-refractivity contribution in [3.63, 3.8) is 0 Å². The molecule has 37 heavy (non-hydrogen) atoms. The lowest BCUT2D eigenvalue weighted by Gasteiger charge is -2.48. The molecule has 0 radical (unpaired) electrons. The number of rotatable bonds is 7. The van der Waals surface area contributed by atoms with Crippen LogP contribution < -0.4 is 5.32 Å². The summed E-state index contributed by atoms with van der Waals surface area (Å²) in [6, 6.07) is 14.2. The van der Waals surface area contributed by atoms with Gasteiger partial charge in [0.2, 0.25) is 0 Å². The highest BCUT2D eigenvalue weighted by atomic mass is 35.5. The molecule has 200 valence electrons. The van der Waals surface area contributed by atoms with E-state index in [1.807, 2.05) is 24.3 Å². The molecule has 3 aliphatic rings. The van der Waals surface area contributed by atoms with E-state index in [-0.39, 0.29) is 30.2 Å². The van der Waals surface area contributed by atoms with Crippen LogP contribution in [-0.2, 0) is 30.8 Å². The molecule has 2 atom stereocenters. The highest BCUT2D eigenvalue weighted by Crippen LogP contribution is 2.56. The Bertz CT molecular complexity index is 1110. The first-order chi connectivity index (χ1) is 17.9. The van der Waals surface area contributed by atoms with Crippen LogP contribution >= 0.6 is 11.6 Å². The number of methoxy groups -OCH3 is 1. The van der Waals surface area contributed by atoms with E-state index in [1.54, 1.807) is 0 Å². The van der Waals surface area contributed by atoms with Gasteiger partial charge in [-0.05, 0) is 97.6 Å². The van der Waals surface area contributed by atoms with Crippen molar-refractivity contribution in [1.29, 1.82) is 0 Å². The zero-order valence-electron chi connectivity index (χ0n) is 21.8. The smallest absolute Gasteiger partial charge is 0.331 e. The highest BCUT2D eigenvalue weighted by molar-refractivity contribution is 6.30. The van der Waals surface area contributed by atoms with Gasteiger partial charge in [0, 0.05) is 22.9 Å². The quantitative estimate of drug-likeness (QED) is 0.443. The van der Waals surface area contributed by atoms with Gasteiger partial charge in [0.25, 0.3) is 0 Å². The maximum absolute atomic E-state index is 13.2. The van der Waals surface area contributed by atoms with Crippen LogP contribution in [0.3, 0.4) is 0 Å². The monoisotopic (exact) mass is 527 g/mol. The Morgan fingerprint density at radius 2 is 1.92 bits per heavy atom. The summed E-state index contributed by atoms with van der Waals surface area (Å²) >= 11 is 6.24. The van der Waals surface area contributed by atoms with Gasteiger partial charge in [-0.2, -0.15) is 0 Å². The van der Waals surface area contributed by atoms with E-state index in [4.69, 9.17) is 25.8 Å². The second-order valence-corrected chi connectivity index (χ2v) is 11.6. The second-order valence-electron chi connectivity index (χ2n) is 11.1. The number of carbonyl (C=O) groups is 1. The number of carbonyl (C=O) groups excluding carboxylic acids is 1. The van der Waals surface area contributed by atoms with Gasteiger partial charge in [-0.3, -0.25) is 0 Å². The number of hydrogen-bond acceptors (Lipinski definition) is 6. The molecule has 6 nitrogen and oxygen atoms in total. The molecule has 1 spiro atoms. The average molecular weight is 528 g/mol. The third kappa shape index (κ3) is 5.14. The van der Waals surface area contributed by atoms with E-state index in [0.29, 0.717) is 37.0 Å². The van der Waals surface area contributed by atoms with E-state index in [2.05, 4.69) is 30.4 Å². The van der Waals surface area contributed by atoms with Gasteiger partial charge < -0.3 is 24.6 Å². The lowest BCUT2D eigenvalue weighted by atomic mass is 9.59. The number of anilines is 1. The average Bonchev–Trinajstić information content (AvgIpc) is 3.21. The molecule has 2 fully saturated rings. The number of benzene rings is 2. The molecule has 1 saturated heterocycles. The van der Waals surface area contributed by atoms with Gasteiger partial charge >= 0.3 is 5.97 Å². The summed E-state index contributed by atoms with van der Waals surface area (Å²) in [5.41, 5.74) is 3.72.